The lowest BCUT2D eigenvalue weighted by molar-refractivity contribution is -0.156. The lowest BCUT2D eigenvalue weighted by atomic mass is 10.1. The van der Waals surface area contributed by atoms with E-state index in [9.17, 15) is 9.59 Å². The van der Waals surface area contributed by atoms with Crippen LogP contribution in [0.15, 0.2) is 30.3 Å². The second-order valence-corrected chi connectivity index (χ2v) is 5.74. The van der Waals surface area contributed by atoms with Gasteiger partial charge in [0.05, 0.1) is 0 Å². The van der Waals surface area contributed by atoms with Crippen molar-refractivity contribution in [3.05, 3.63) is 35.9 Å². The first kappa shape index (κ1) is 16.5. The van der Waals surface area contributed by atoms with Crippen molar-refractivity contribution in [1.29, 1.82) is 0 Å². The number of carboxylic acids is 1. The van der Waals surface area contributed by atoms with Crippen molar-refractivity contribution < 1.29 is 19.4 Å². The molecule has 1 fully saturated rings. The summed E-state index contributed by atoms with van der Waals surface area (Å²) in [4.78, 5) is 25.5. The number of hydrogen-bond donors (Lipinski definition) is 1. The summed E-state index contributed by atoms with van der Waals surface area (Å²) in [6.45, 7) is 4.56. The quantitative estimate of drug-likeness (QED) is 0.876. The van der Waals surface area contributed by atoms with Gasteiger partial charge in [-0.3, -0.25) is 4.79 Å². The molecule has 1 unspecified atom stereocenters. The molecule has 0 spiro atoms. The van der Waals surface area contributed by atoms with E-state index in [1.165, 1.54) is 0 Å². The van der Waals surface area contributed by atoms with Gasteiger partial charge in [-0.1, -0.05) is 37.3 Å². The normalized spacial score (nSPS) is 22.3. The smallest absolute Gasteiger partial charge is 0.332 e. The number of nitrogens with zero attached hydrogens (tertiary/aromatic N) is 1. The van der Waals surface area contributed by atoms with E-state index >= 15 is 0 Å². The number of aliphatic carboxylic acids is 1. The summed E-state index contributed by atoms with van der Waals surface area (Å²) in [5, 5.41) is 8.99. The molecular weight excluding hydrogens is 282 g/mol. The highest BCUT2D eigenvalue weighted by atomic mass is 16.5. The van der Waals surface area contributed by atoms with Crippen LogP contribution in [0.3, 0.4) is 0 Å². The van der Waals surface area contributed by atoms with Gasteiger partial charge in [-0.15, -0.1) is 0 Å². The molecule has 0 aliphatic carbocycles. The number of carbonyl (C=O) groups excluding carboxylic acids is 1. The van der Waals surface area contributed by atoms with Crippen LogP contribution in [0.25, 0.3) is 0 Å². The van der Waals surface area contributed by atoms with E-state index in [4.69, 9.17) is 9.84 Å². The third kappa shape index (κ3) is 3.85. The minimum atomic E-state index is -0.992. The third-order valence-electron chi connectivity index (χ3n) is 4.17. The van der Waals surface area contributed by atoms with E-state index in [2.05, 4.69) is 0 Å². The number of carbonyl (C=O) groups is 2. The molecule has 5 heteroatoms. The van der Waals surface area contributed by atoms with Crippen LogP contribution >= 0.6 is 0 Å². The molecule has 1 N–H and O–H groups in total. The van der Waals surface area contributed by atoms with E-state index in [0.29, 0.717) is 19.4 Å². The van der Waals surface area contributed by atoms with Crippen LogP contribution in [-0.4, -0.2) is 40.1 Å². The molecule has 1 saturated heterocycles. The van der Waals surface area contributed by atoms with Crippen LogP contribution in [0.2, 0.25) is 0 Å². The van der Waals surface area contributed by atoms with E-state index in [-0.39, 0.29) is 11.9 Å². The van der Waals surface area contributed by atoms with Gasteiger partial charge in [0, 0.05) is 12.6 Å². The molecule has 3 atom stereocenters. The summed E-state index contributed by atoms with van der Waals surface area (Å²) in [7, 11) is 0. The Bertz CT molecular complexity index is 517. The number of amides is 1. The Kier molecular flexibility index (Phi) is 5.55. The SMILES string of the molecule is CCC(C)N(Cc1ccccc1)C(=O)[C@@H]1CC[C@H](C(=O)O)O1. The zero-order valence-electron chi connectivity index (χ0n) is 13.1. The van der Waals surface area contributed by atoms with E-state index in [1.807, 2.05) is 44.2 Å². The molecule has 1 aromatic carbocycles. The molecule has 1 amide bonds. The minimum absolute atomic E-state index is 0.0835. The Morgan fingerprint density at radius 2 is 1.91 bits per heavy atom. The Labute approximate surface area is 130 Å². The highest BCUT2D eigenvalue weighted by Gasteiger charge is 2.37. The van der Waals surface area contributed by atoms with E-state index < -0.39 is 18.2 Å². The maximum absolute atomic E-state index is 12.7. The summed E-state index contributed by atoms with van der Waals surface area (Å²) in [5.74, 6) is -1.10. The monoisotopic (exact) mass is 305 g/mol. The van der Waals surface area contributed by atoms with Gasteiger partial charge in [0.1, 0.15) is 6.10 Å². The van der Waals surface area contributed by atoms with Gasteiger partial charge in [0.2, 0.25) is 0 Å². The predicted molar refractivity (Wildman–Crippen MR) is 82.3 cm³/mol. The molecule has 1 aliphatic rings. The summed E-state index contributed by atoms with van der Waals surface area (Å²) in [5.41, 5.74) is 1.06. The van der Waals surface area contributed by atoms with Crippen molar-refractivity contribution in [3.63, 3.8) is 0 Å². The standard InChI is InChI=1S/C17H23NO4/c1-3-12(2)18(11-13-7-5-4-6-8-13)16(19)14-9-10-15(22-14)17(20)21/h4-8,12,14-15H,3,9-11H2,1-2H3,(H,20,21)/t12?,14-,15+/m0/s1. The largest absolute Gasteiger partial charge is 0.479 e. The maximum Gasteiger partial charge on any atom is 0.332 e. The summed E-state index contributed by atoms with van der Waals surface area (Å²) < 4.78 is 5.41. The first-order chi connectivity index (χ1) is 10.5. The Morgan fingerprint density at radius 3 is 2.45 bits per heavy atom. The number of ether oxygens (including phenoxy) is 1. The van der Waals surface area contributed by atoms with Crippen LogP contribution < -0.4 is 0 Å². The molecule has 120 valence electrons. The molecule has 5 nitrogen and oxygen atoms in total. The van der Waals surface area contributed by atoms with Crippen LogP contribution in [-0.2, 0) is 20.9 Å². The van der Waals surface area contributed by atoms with E-state index in [1.54, 1.807) is 4.90 Å². The fourth-order valence-electron chi connectivity index (χ4n) is 2.64. The summed E-state index contributed by atoms with van der Waals surface area (Å²) >= 11 is 0. The highest BCUT2D eigenvalue weighted by Crippen LogP contribution is 2.24. The van der Waals surface area contributed by atoms with Crippen molar-refractivity contribution in [1.82, 2.24) is 4.90 Å². The number of benzene rings is 1. The fraction of sp³-hybridized carbons (Fsp3) is 0.529. The van der Waals surface area contributed by atoms with Crippen molar-refractivity contribution in [2.24, 2.45) is 0 Å². The molecule has 22 heavy (non-hydrogen) atoms. The summed E-state index contributed by atoms with van der Waals surface area (Å²) in [6, 6.07) is 9.88. The highest BCUT2D eigenvalue weighted by molar-refractivity contribution is 5.83. The molecule has 0 saturated carbocycles. The van der Waals surface area contributed by atoms with Crippen LogP contribution in [0.1, 0.15) is 38.7 Å². The first-order valence-electron chi connectivity index (χ1n) is 7.75. The molecule has 1 aromatic rings. The molecule has 0 aromatic heterocycles. The lowest BCUT2D eigenvalue weighted by Gasteiger charge is -2.31. The molecular formula is C17H23NO4. The Morgan fingerprint density at radius 1 is 1.27 bits per heavy atom. The van der Waals surface area contributed by atoms with Crippen LogP contribution in [0.4, 0.5) is 0 Å². The Hall–Kier alpha value is -1.88. The van der Waals surface area contributed by atoms with Crippen molar-refractivity contribution in [2.75, 3.05) is 0 Å². The van der Waals surface area contributed by atoms with Crippen molar-refractivity contribution >= 4 is 11.9 Å². The number of hydrogen-bond acceptors (Lipinski definition) is 3. The second-order valence-electron chi connectivity index (χ2n) is 5.74. The maximum atomic E-state index is 12.7. The molecule has 0 bridgehead atoms. The van der Waals surface area contributed by atoms with Crippen molar-refractivity contribution in [3.8, 4) is 0 Å². The van der Waals surface area contributed by atoms with E-state index in [0.717, 1.165) is 12.0 Å². The van der Waals surface area contributed by atoms with Crippen molar-refractivity contribution in [2.45, 2.75) is 57.9 Å². The molecule has 2 rings (SSSR count). The fourth-order valence-corrected chi connectivity index (χ4v) is 2.64. The average molecular weight is 305 g/mol. The molecule has 1 heterocycles. The van der Waals surface area contributed by atoms with Gasteiger partial charge in [-0.25, -0.2) is 4.79 Å². The Balaban J connectivity index is 2.09. The third-order valence-corrected chi connectivity index (χ3v) is 4.17. The van der Waals surface area contributed by atoms with Gasteiger partial charge in [0.25, 0.3) is 5.91 Å². The number of carboxylic acid groups (broad SMARTS) is 1. The molecule has 1 aliphatic heterocycles. The van der Waals surface area contributed by atoms with Gasteiger partial charge < -0.3 is 14.7 Å². The topological polar surface area (TPSA) is 66.8 Å². The summed E-state index contributed by atoms with van der Waals surface area (Å²) in [6.07, 6.45) is 0.208. The molecule has 0 radical (unpaired) electrons. The lowest BCUT2D eigenvalue weighted by Crippen LogP contribution is -2.44. The zero-order valence-corrected chi connectivity index (χ0v) is 13.1. The van der Waals surface area contributed by atoms with Gasteiger partial charge in [-0.2, -0.15) is 0 Å². The predicted octanol–water partition coefficient (Wildman–Crippen LogP) is 2.45. The first-order valence-corrected chi connectivity index (χ1v) is 7.75. The minimum Gasteiger partial charge on any atom is -0.479 e. The average Bonchev–Trinajstić information content (AvgIpc) is 3.02. The zero-order chi connectivity index (χ0) is 16.1. The van der Waals surface area contributed by atoms with Gasteiger partial charge >= 0.3 is 5.97 Å². The van der Waals surface area contributed by atoms with Gasteiger partial charge in [0.15, 0.2) is 6.10 Å². The van der Waals surface area contributed by atoms with Crippen LogP contribution in [0, 0.1) is 0 Å². The van der Waals surface area contributed by atoms with Crippen LogP contribution in [0.5, 0.6) is 0 Å². The number of rotatable bonds is 6. The second kappa shape index (κ2) is 7.40. The van der Waals surface area contributed by atoms with Gasteiger partial charge in [-0.05, 0) is 31.7 Å².